The van der Waals surface area contributed by atoms with E-state index in [-0.39, 0.29) is 5.91 Å². The number of carbonyl (C=O) groups excluding carboxylic acids is 1. The third-order valence-electron chi connectivity index (χ3n) is 6.88. The number of aromatic nitrogens is 3. The number of aryl methyl sites for hydroxylation is 1. The standard InChI is InChI=1S/C32H34BrN5O3S/c1-5-6-15-42-32-36-31-34-21(3)27(30(39)35-24-14-10-11-20(2)16-24)28(38(31)37-32)23-17-25(33)29(26(18-23)40-4)41-19-22-12-8-7-9-13-22/h7-14,16-18,28H,5-6,15,19H2,1-4H3,(H,35,39)(H,34,36,37). The van der Waals surface area contributed by atoms with Gasteiger partial charge >= 0.3 is 0 Å². The number of amides is 1. The highest BCUT2D eigenvalue weighted by Gasteiger charge is 2.35. The number of hydrogen-bond donors (Lipinski definition) is 2. The molecule has 1 unspecified atom stereocenters. The lowest BCUT2D eigenvalue weighted by Crippen LogP contribution is -2.31. The summed E-state index contributed by atoms with van der Waals surface area (Å²) in [6, 6.07) is 21.0. The number of fused-ring (bicyclic) bond motifs is 1. The highest BCUT2D eigenvalue weighted by Crippen LogP contribution is 2.43. The fourth-order valence-corrected chi connectivity index (χ4v) is 6.28. The van der Waals surface area contributed by atoms with Gasteiger partial charge in [-0.05, 0) is 77.2 Å². The molecular formula is C32H34BrN5O3S. The number of thioether (sulfide) groups is 1. The number of unbranched alkanes of at least 4 members (excludes halogenated alkanes) is 1. The van der Waals surface area contributed by atoms with Crippen LogP contribution in [0, 0.1) is 6.92 Å². The SMILES string of the molecule is CCCCSc1nc2n(n1)C(c1cc(Br)c(OCc3ccccc3)c(OC)c1)C(C(=O)Nc1cccc(C)c1)=C(C)N2. The van der Waals surface area contributed by atoms with Gasteiger partial charge in [0.1, 0.15) is 12.6 Å². The van der Waals surface area contributed by atoms with E-state index in [2.05, 4.69) is 33.5 Å². The molecule has 42 heavy (non-hydrogen) atoms. The average molecular weight is 649 g/mol. The van der Waals surface area contributed by atoms with Crippen LogP contribution in [0.15, 0.2) is 87.6 Å². The first-order chi connectivity index (χ1) is 20.4. The number of nitrogens with one attached hydrogen (secondary N) is 2. The fourth-order valence-electron chi connectivity index (χ4n) is 4.79. The zero-order valence-electron chi connectivity index (χ0n) is 24.1. The van der Waals surface area contributed by atoms with Gasteiger partial charge in [0.05, 0.1) is 17.2 Å². The third-order valence-corrected chi connectivity index (χ3v) is 8.39. The van der Waals surface area contributed by atoms with Gasteiger partial charge in [-0.3, -0.25) is 4.79 Å². The summed E-state index contributed by atoms with van der Waals surface area (Å²) in [6.07, 6.45) is 2.17. The van der Waals surface area contributed by atoms with E-state index in [0.717, 1.165) is 41.0 Å². The highest BCUT2D eigenvalue weighted by atomic mass is 79.9. The van der Waals surface area contributed by atoms with Crippen molar-refractivity contribution < 1.29 is 14.3 Å². The normalized spacial score (nSPS) is 14.3. The van der Waals surface area contributed by atoms with E-state index in [9.17, 15) is 4.79 Å². The molecule has 0 aliphatic carbocycles. The maximum atomic E-state index is 13.9. The van der Waals surface area contributed by atoms with E-state index >= 15 is 0 Å². The Morgan fingerprint density at radius 1 is 1.12 bits per heavy atom. The van der Waals surface area contributed by atoms with Crippen LogP contribution in [0.3, 0.4) is 0 Å². The van der Waals surface area contributed by atoms with Crippen molar-refractivity contribution in [1.82, 2.24) is 14.8 Å². The lowest BCUT2D eigenvalue weighted by Gasteiger charge is -2.29. The van der Waals surface area contributed by atoms with Crippen LogP contribution in [-0.2, 0) is 11.4 Å². The molecule has 0 spiro atoms. The van der Waals surface area contributed by atoms with Crippen molar-refractivity contribution in [3.63, 3.8) is 0 Å². The Labute approximate surface area is 259 Å². The Kier molecular flexibility index (Phi) is 9.54. The number of rotatable bonds is 11. The van der Waals surface area contributed by atoms with Crippen molar-refractivity contribution in [2.75, 3.05) is 23.5 Å². The first-order valence-electron chi connectivity index (χ1n) is 13.9. The second-order valence-electron chi connectivity index (χ2n) is 10.1. The summed E-state index contributed by atoms with van der Waals surface area (Å²) in [5, 5.41) is 11.9. The molecule has 0 saturated heterocycles. The van der Waals surface area contributed by atoms with Crippen LogP contribution in [0.4, 0.5) is 11.6 Å². The topological polar surface area (TPSA) is 90.3 Å². The summed E-state index contributed by atoms with van der Waals surface area (Å²) in [5.74, 6) is 2.41. The number of nitrogens with zero attached hydrogens (tertiary/aromatic N) is 3. The lowest BCUT2D eigenvalue weighted by atomic mass is 9.94. The quantitative estimate of drug-likeness (QED) is 0.127. The molecule has 3 aromatic carbocycles. The maximum absolute atomic E-state index is 13.9. The van der Waals surface area contributed by atoms with Crippen LogP contribution in [-0.4, -0.2) is 33.5 Å². The Morgan fingerprint density at radius 3 is 2.67 bits per heavy atom. The monoisotopic (exact) mass is 647 g/mol. The van der Waals surface area contributed by atoms with Crippen LogP contribution >= 0.6 is 27.7 Å². The van der Waals surface area contributed by atoms with Crippen LogP contribution in [0.25, 0.3) is 0 Å². The van der Waals surface area contributed by atoms with Crippen molar-refractivity contribution in [2.45, 2.75) is 51.4 Å². The van der Waals surface area contributed by atoms with Gasteiger partial charge in [0.2, 0.25) is 11.1 Å². The smallest absolute Gasteiger partial charge is 0.255 e. The summed E-state index contributed by atoms with van der Waals surface area (Å²) >= 11 is 5.33. The van der Waals surface area contributed by atoms with Gasteiger partial charge in [-0.2, -0.15) is 4.98 Å². The number of anilines is 2. The number of benzene rings is 3. The molecule has 10 heteroatoms. The molecule has 0 bridgehead atoms. The molecule has 218 valence electrons. The van der Waals surface area contributed by atoms with Crippen LogP contribution < -0.4 is 20.1 Å². The second-order valence-corrected chi connectivity index (χ2v) is 12.0. The van der Waals surface area contributed by atoms with Crippen LogP contribution in [0.5, 0.6) is 11.5 Å². The average Bonchev–Trinajstić information content (AvgIpc) is 3.38. The highest BCUT2D eigenvalue weighted by molar-refractivity contribution is 9.10. The van der Waals surface area contributed by atoms with E-state index in [1.807, 2.05) is 80.6 Å². The zero-order chi connectivity index (χ0) is 29.6. The van der Waals surface area contributed by atoms with Gasteiger partial charge < -0.3 is 20.1 Å². The predicted molar refractivity (Wildman–Crippen MR) is 171 cm³/mol. The number of allylic oxidation sites excluding steroid dienone is 1. The predicted octanol–water partition coefficient (Wildman–Crippen LogP) is 7.76. The fraction of sp³-hybridized carbons (Fsp3) is 0.281. The van der Waals surface area contributed by atoms with E-state index in [4.69, 9.17) is 19.6 Å². The molecule has 1 aliphatic heterocycles. The number of methoxy groups -OCH3 is 1. The molecule has 1 aliphatic rings. The minimum absolute atomic E-state index is 0.226. The molecule has 0 saturated carbocycles. The molecule has 8 nitrogen and oxygen atoms in total. The van der Waals surface area contributed by atoms with Gasteiger partial charge in [-0.1, -0.05) is 67.6 Å². The summed E-state index contributed by atoms with van der Waals surface area (Å²) in [4.78, 5) is 18.7. The van der Waals surface area contributed by atoms with Gasteiger partial charge in [0.15, 0.2) is 11.5 Å². The molecule has 0 fully saturated rings. The van der Waals surface area contributed by atoms with Crippen molar-refractivity contribution >= 4 is 45.2 Å². The van der Waals surface area contributed by atoms with Gasteiger partial charge in [-0.15, -0.1) is 5.10 Å². The minimum atomic E-state index is -0.563. The van der Waals surface area contributed by atoms with Crippen molar-refractivity contribution in [2.24, 2.45) is 0 Å². The summed E-state index contributed by atoms with van der Waals surface area (Å²) in [5.41, 5.74) is 4.87. The van der Waals surface area contributed by atoms with Gasteiger partial charge in [0.25, 0.3) is 5.91 Å². The summed E-state index contributed by atoms with van der Waals surface area (Å²) in [7, 11) is 1.61. The molecular weight excluding hydrogens is 614 g/mol. The minimum Gasteiger partial charge on any atom is -0.493 e. The van der Waals surface area contributed by atoms with Crippen LogP contribution in [0.1, 0.15) is 49.4 Å². The lowest BCUT2D eigenvalue weighted by molar-refractivity contribution is -0.113. The molecule has 2 N–H and O–H groups in total. The van der Waals surface area contributed by atoms with Gasteiger partial charge in [0, 0.05) is 17.1 Å². The molecule has 0 radical (unpaired) electrons. The van der Waals surface area contributed by atoms with Crippen molar-refractivity contribution in [1.29, 1.82) is 0 Å². The Morgan fingerprint density at radius 2 is 1.93 bits per heavy atom. The summed E-state index contributed by atoms with van der Waals surface area (Å²) < 4.78 is 14.5. The molecule has 5 rings (SSSR count). The first kappa shape index (κ1) is 29.7. The van der Waals surface area contributed by atoms with Gasteiger partial charge in [-0.25, -0.2) is 4.68 Å². The third kappa shape index (κ3) is 6.65. The molecule has 4 aromatic rings. The van der Waals surface area contributed by atoms with E-state index < -0.39 is 6.04 Å². The molecule has 1 amide bonds. The summed E-state index contributed by atoms with van der Waals surface area (Å²) in [6.45, 7) is 6.44. The second kappa shape index (κ2) is 13.5. The number of halogens is 1. The molecule has 2 heterocycles. The Hall–Kier alpha value is -3.76. The Balaban J connectivity index is 1.54. The number of ether oxygens (including phenoxy) is 2. The molecule has 1 aromatic heterocycles. The number of carbonyl (C=O) groups is 1. The van der Waals surface area contributed by atoms with Crippen molar-refractivity contribution in [3.05, 3.63) is 99.2 Å². The van der Waals surface area contributed by atoms with E-state index in [1.54, 1.807) is 23.6 Å². The first-order valence-corrected chi connectivity index (χ1v) is 15.6. The van der Waals surface area contributed by atoms with E-state index in [1.165, 1.54) is 0 Å². The Bertz CT molecular complexity index is 1610. The largest absolute Gasteiger partial charge is 0.493 e. The zero-order valence-corrected chi connectivity index (χ0v) is 26.5. The number of hydrogen-bond acceptors (Lipinski definition) is 7. The maximum Gasteiger partial charge on any atom is 0.255 e. The van der Waals surface area contributed by atoms with Crippen molar-refractivity contribution in [3.8, 4) is 11.5 Å². The van der Waals surface area contributed by atoms with Crippen LogP contribution in [0.2, 0.25) is 0 Å². The molecule has 1 atom stereocenters. The van der Waals surface area contributed by atoms with E-state index in [0.29, 0.717) is 45.0 Å².